The summed E-state index contributed by atoms with van der Waals surface area (Å²) in [6.07, 6.45) is 0. The molecular weight excluding hydrogens is 526 g/mol. The molecule has 0 fully saturated rings. The van der Waals surface area contributed by atoms with Crippen LogP contribution in [0.25, 0.3) is 0 Å². The highest BCUT2D eigenvalue weighted by molar-refractivity contribution is 7.92. The molecule has 8 nitrogen and oxygen atoms in total. The van der Waals surface area contributed by atoms with Crippen LogP contribution in [0.3, 0.4) is 0 Å². The first kappa shape index (κ1) is 30.7. The van der Waals surface area contributed by atoms with Crippen molar-refractivity contribution in [3.05, 3.63) is 89.5 Å². The Kier molecular flexibility index (Phi) is 9.63. The van der Waals surface area contributed by atoms with Crippen molar-refractivity contribution in [1.82, 2.24) is 10.2 Å². The number of hydrogen-bond donors (Lipinski definition) is 1. The van der Waals surface area contributed by atoms with Gasteiger partial charge in [-0.2, -0.15) is 0 Å². The molecule has 0 radical (unpaired) electrons. The van der Waals surface area contributed by atoms with E-state index in [9.17, 15) is 18.0 Å². The van der Waals surface area contributed by atoms with Gasteiger partial charge in [0.25, 0.3) is 10.0 Å². The van der Waals surface area contributed by atoms with E-state index >= 15 is 0 Å². The molecule has 1 N–H and O–H groups in total. The minimum Gasteiger partial charge on any atom is -0.495 e. The van der Waals surface area contributed by atoms with E-state index in [2.05, 4.69) is 5.32 Å². The van der Waals surface area contributed by atoms with Crippen LogP contribution in [-0.4, -0.2) is 50.4 Å². The Bertz CT molecular complexity index is 1450. The quantitative estimate of drug-likeness (QED) is 0.380. The Labute approximate surface area is 238 Å². The summed E-state index contributed by atoms with van der Waals surface area (Å²) in [4.78, 5) is 28.7. The second-order valence-electron chi connectivity index (χ2n) is 10.9. The van der Waals surface area contributed by atoms with Crippen molar-refractivity contribution in [2.45, 2.75) is 64.6 Å². The van der Waals surface area contributed by atoms with Gasteiger partial charge in [-0.1, -0.05) is 59.7 Å². The first-order valence-corrected chi connectivity index (χ1v) is 14.6. The number of ether oxygens (including phenoxy) is 1. The van der Waals surface area contributed by atoms with Crippen molar-refractivity contribution in [2.24, 2.45) is 0 Å². The lowest BCUT2D eigenvalue weighted by molar-refractivity contribution is -0.140. The van der Waals surface area contributed by atoms with E-state index in [1.54, 1.807) is 43.3 Å². The lowest BCUT2D eigenvalue weighted by Gasteiger charge is -2.33. The summed E-state index contributed by atoms with van der Waals surface area (Å²) in [7, 11) is -2.74. The average molecular weight is 566 g/mol. The second-order valence-corrected chi connectivity index (χ2v) is 12.8. The molecule has 0 spiro atoms. The van der Waals surface area contributed by atoms with Gasteiger partial charge >= 0.3 is 0 Å². The van der Waals surface area contributed by atoms with E-state index in [-0.39, 0.29) is 23.0 Å². The number of nitrogens with one attached hydrogen (secondary N) is 1. The maximum Gasteiger partial charge on any atom is 0.264 e. The number of para-hydroxylation sites is 2. The molecular formula is C31H39N3O5S. The summed E-state index contributed by atoms with van der Waals surface area (Å²) in [5.74, 6) is -0.562. The van der Waals surface area contributed by atoms with Gasteiger partial charge in [-0.3, -0.25) is 13.9 Å². The highest BCUT2D eigenvalue weighted by Crippen LogP contribution is 2.32. The van der Waals surface area contributed by atoms with Crippen LogP contribution in [0.2, 0.25) is 0 Å². The first-order valence-electron chi connectivity index (χ1n) is 13.1. The molecule has 1 unspecified atom stereocenters. The number of benzene rings is 3. The topological polar surface area (TPSA) is 96.0 Å². The Hall–Kier alpha value is -3.85. The fraction of sp³-hybridized carbons (Fsp3) is 0.355. The predicted octanol–water partition coefficient (Wildman–Crippen LogP) is 4.84. The van der Waals surface area contributed by atoms with Gasteiger partial charge in [0.2, 0.25) is 11.8 Å². The van der Waals surface area contributed by atoms with Gasteiger partial charge in [-0.05, 0) is 71.4 Å². The van der Waals surface area contributed by atoms with Crippen LogP contribution in [0, 0.1) is 13.8 Å². The van der Waals surface area contributed by atoms with Crippen LogP contribution in [0.4, 0.5) is 5.69 Å². The summed E-state index contributed by atoms with van der Waals surface area (Å²) in [5, 5.41) is 2.93. The molecule has 3 aromatic rings. The molecule has 3 aromatic carbocycles. The van der Waals surface area contributed by atoms with Gasteiger partial charge < -0.3 is 15.0 Å². The average Bonchev–Trinajstić information content (AvgIpc) is 2.89. The zero-order valence-electron chi connectivity index (χ0n) is 24.3. The number of sulfonamides is 1. The van der Waals surface area contributed by atoms with E-state index in [4.69, 9.17) is 4.74 Å². The SMILES string of the molecule is COc1ccccc1N(CC(=O)N(Cc1cccc(C)c1)C(C)C(=O)NC(C)(C)C)S(=O)(=O)c1ccc(C)cc1. The van der Waals surface area contributed by atoms with Crippen molar-refractivity contribution in [3.63, 3.8) is 0 Å². The van der Waals surface area contributed by atoms with Gasteiger partial charge in [-0.15, -0.1) is 0 Å². The highest BCUT2D eigenvalue weighted by atomic mass is 32.2. The number of aryl methyl sites for hydroxylation is 2. The number of carbonyl (C=O) groups excluding carboxylic acids is 2. The number of carbonyl (C=O) groups is 2. The molecule has 40 heavy (non-hydrogen) atoms. The number of amides is 2. The molecule has 0 saturated carbocycles. The normalized spacial score (nSPS) is 12.4. The van der Waals surface area contributed by atoms with Gasteiger partial charge in [0.05, 0.1) is 17.7 Å². The van der Waals surface area contributed by atoms with E-state index in [0.717, 1.165) is 21.0 Å². The maximum absolute atomic E-state index is 14.1. The molecule has 0 aliphatic heterocycles. The molecule has 1 atom stereocenters. The molecule has 0 heterocycles. The Morgan fingerprint density at radius 1 is 0.925 bits per heavy atom. The van der Waals surface area contributed by atoms with Crippen molar-refractivity contribution in [1.29, 1.82) is 0 Å². The van der Waals surface area contributed by atoms with Crippen molar-refractivity contribution < 1.29 is 22.7 Å². The van der Waals surface area contributed by atoms with Crippen LogP contribution in [0.15, 0.2) is 77.7 Å². The summed E-state index contributed by atoms with van der Waals surface area (Å²) in [5.41, 5.74) is 2.45. The van der Waals surface area contributed by atoms with Gasteiger partial charge in [0, 0.05) is 12.1 Å². The molecule has 0 saturated heterocycles. The zero-order valence-corrected chi connectivity index (χ0v) is 25.1. The van der Waals surface area contributed by atoms with E-state index in [0.29, 0.717) is 5.75 Å². The van der Waals surface area contributed by atoms with Gasteiger partial charge in [0.1, 0.15) is 18.3 Å². The van der Waals surface area contributed by atoms with Crippen molar-refractivity contribution >= 4 is 27.5 Å². The Morgan fingerprint density at radius 3 is 2.17 bits per heavy atom. The first-order chi connectivity index (χ1) is 18.7. The smallest absolute Gasteiger partial charge is 0.264 e. The summed E-state index contributed by atoms with van der Waals surface area (Å²) in [6.45, 7) is 10.6. The predicted molar refractivity (Wildman–Crippen MR) is 158 cm³/mol. The van der Waals surface area contributed by atoms with Crippen LogP contribution in [0.5, 0.6) is 5.75 Å². The van der Waals surface area contributed by atoms with Crippen LogP contribution < -0.4 is 14.4 Å². The lowest BCUT2D eigenvalue weighted by Crippen LogP contribution is -2.54. The van der Waals surface area contributed by atoms with Gasteiger partial charge in [-0.25, -0.2) is 8.42 Å². The molecule has 0 aromatic heterocycles. The third kappa shape index (κ3) is 7.63. The number of methoxy groups -OCH3 is 1. The summed E-state index contributed by atoms with van der Waals surface area (Å²) in [6, 6.07) is 19.9. The fourth-order valence-electron chi connectivity index (χ4n) is 4.25. The fourth-order valence-corrected chi connectivity index (χ4v) is 5.68. The zero-order chi connectivity index (χ0) is 29.7. The van der Waals surface area contributed by atoms with Crippen LogP contribution in [-0.2, 0) is 26.2 Å². The van der Waals surface area contributed by atoms with Crippen molar-refractivity contribution in [3.8, 4) is 5.75 Å². The molecule has 0 bridgehead atoms. The largest absolute Gasteiger partial charge is 0.495 e. The molecule has 0 aliphatic rings. The summed E-state index contributed by atoms with van der Waals surface area (Å²) >= 11 is 0. The van der Waals surface area contributed by atoms with E-state index < -0.39 is 34.1 Å². The third-order valence-corrected chi connectivity index (χ3v) is 8.12. The van der Waals surface area contributed by atoms with Gasteiger partial charge in [0.15, 0.2) is 0 Å². The molecule has 9 heteroatoms. The molecule has 0 aliphatic carbocycles. The second kappa shape index (κ2) is 12.6. The number of hydrogen-bond acceptors (Lipinski definition) is 5. The molecule has 214 valence electrons. The number of nitrogens with zero attached hydrogens (tertiary/aromatic N) is 2. The minimum absolute atomic E-state index is 0.0422. The number of anilines is 1. The molecule has 3 rings (SSSR count). The monoisotopic (exact) mass is 565 g/mol. The standard InChI is InChI=1S/C31H39N3O5S/c1-22-15-17-26(18-16-22)40(37,38)34(27-13-8-9-14-28(27)39-7)21-29(35)33(20-25-12-10-11-23(2)19-25)24(3)30(36)32-31(4,5)6/h8-19,24H,20-21H2,1-7H3,(H,32,36). The molecule has 2 amide bonds. The minimum atomic E-state index is -4.18. The van der Waals surface area contributed by atoms with E-state index in [1.165, 1.54) is 24.1 Å². The van der Waals surface area contributed by atoms with Crippen LogP contribution in [0.1, 0.15) is 44.4 Å². The maximum atomic E-state index is 14.1. The third-order valence-electron chi connectivity index (χ3n) is 6.34. The lowest BCUT2D eigenvalue weighted by atomic mass is 10.1. The number of rotatable bonds is 10. The van der Waals surface area contributed by atoms with E-state index in [1.807, 2.05) is 58.9 Å². The Morgan fingerprint density at radius 2 is 1.57 bits per heavy atom. The van der Waals surface area contributed by atoms with Crippen molar-refractivity contribution in [2.75, 3.05) is 18.0 Å². The highest BCUT2D eigenvalue weighted by Gasteiger charge is 2.34. The summed E-state index contributed by atoms with van der Waals surface area (Å²) < 4.78 is 34.5. The van der Waals surface area contributed by atoms with Crippen LogP contribution >= 0.6 is 0 Å². The Balaban J connectivity index is 2.08.